The van der Waals surface area contributed by atoms with Crippen molar-refractivity contribution in [2.75, 3.05) is 19.7 Å². The van der Waals surface area contributed by atoms with E-state index in [9.17, 15) is 9.59 Å². The first-order valence-corrected chi connectivity index (χ1v) is 12.2. The number of nitrogens with zero attached hydrogens (tertiary/aromatic N) is 3. The highest BCUT2D eigenvalue weighted by molar-refractivity contribution is 5.93. The number of aromatic nitrogens is 4. The number of hydrogen-bond donors (Lipinski definition) is 2. The van der Waals surface area contributed by atoms with Crippen LogP contribution in [0.3, 0.4) is 0 Å². The molecule has 8 heteroatoms. The van der Waals surface area contributed by atoms with E-state index in [1.165, 1.54) is 12.8 Å². The summed E-state index contributed by atoms with van der Waals surface area (Å²) in [5.74, 6) is 0.701. The minimum Gasteiger partial charge on any atom is -0.491 e. The van der Waals surface area contributed by atoms with Crippen molar-refractivity contribution in [1.82, 2.24) is 24.6 Å². The fraction of sp³-hybridized carbons (Fsp3) is 0.423. The second-order valence-electron chi connectivity index (χ2n) is 9.60. The summed E-state index contributed by atoms with van der Waals surface area (Å²) < 4.78 is 7.92. The van der Waals surface area contributed by atoms with Crippen LogP contribution in [0.25, 0.3) is 33.2 Å². The van der Waals surface area contributed by atoms with Crippen LogP contribution >= 0.6 is 0 Å². The molecule has 1 atom stereocenters. The van der Waals surface area contributed by atoms with Crippen LogP contribution in [0.4, 0.5) is 0 Å². The Kier molecular flexibility index (Phi) is 5.25. The summed E-state index contributed by atoms with van der Waals surface area (Å²) in [6.07, 6.45) is 5.13. The number of ether oxygens (including phenoxy) is 1. The van der Waals surface area contributed by atoms with Crippen LogP contribution in [0, 0.1) is 0 Å². The molecule has 0 aliphatic carbocycles. The van der Waals surface area contributed by atoms with E-state index in [1.54, 1.807) is 10.7 Å². The predicted octanol–water partition coefficient (Wildman–Crippen LogP) is 3.95. The van der Waals surface area contributed by atoms with Gasteiger partial charge in [-0.1, -0.05) is 12.1 Å². The summed E-state index contributed by atoms with van der Waals surface area (Å²) in [5.41, 5.74) is 3.64. The van der Waals surface area contributed by atoms with Gasteiger partial charge in [0.2, 0.25) is 0 Å². The number of para-hydroxylation sites is 1. The highest BCUT2D eigenvalue weighted by atomic mass is 16.5. The van der Waals surface area contributed by atoms with Crippen molar-refractivity contribution in [2.45, 2.75) is 51.6 Å². The number of hydrogen-bond acceptors (Lipinski definition) is 5. The van der Waals surface area contributed by atoms with Crippen LogP contribution in [0.15, 0.2) is 39.9 Å². The SMILES string of the molecule is CC1CCCCOc2cc(CN3CCCC3)cc3[nH]c(=O)c(nc23)-c2cccc3c(=O)n1[nH]c23. The number of benzene rings is 2. The molecule has 4 heterocycles. The molecule has 0 amide bonds. The lowest BCUT2D eigenvalue weighted by molar-refractivity contribution is 0.298. The lowest BCUT2D eigenvalue weighted by Crippen LogP contribution is -2.20. The van der Waals surface area contributed by atoms with Crippen molar-refractivity contribution in [2.24, 2.45) is 0 Å². The van der Waals surface area contributed by atoms with Crippen LogP contribution in [0.5, 0.6) is 5.75 Å². The van der Waals surface area contributed by atoms with E-state index in [1.807, 2.05) is 25.1 Å². The maximum absolute atomic E-state index is 13.2. The van der Waals surface area contributed by atoms with Gasteiger partial charge in [0.25, 0.3) is 11.1 Å². The van der Waals surface area contributed by atoms with E-state index < -0.39 is 0 Å². The summed E-state index contributed by atoms with van der Waals surface area (Å²) in [7, 11) is 0. The molecular weight excluding hydrogens is 430 g/mol. The van der Waals surface area contributed by atoms with E-state index in [0.717, 1.165) is 44.5 Å². The summed E-state index contributed by atoms with van der Waals surface area (Å²) >= 11 is 0. The summed E-state index contributed by atoms with van der Waals surface area (Å²) in [5, 5.41) is 3.84. The zero-order valence-electron chi connectivity index (χ0n) is 19.4. The first-order valence-electron chi connectivity index (χ1n) is 12.2. The van der Waals surface area contributed by atoms with Crippen molar-refractivity contribution >= 4 is 21.9 Å². The zero-order valence-corrected chi connectivity index (χ0v) is 19.4. The molecule has 34 heavy (non-hydrogen) atoms. The number of rotatable bonds is 2. The number of likely N-dealkylation sites (tertiary alicyclic amines) is 1. The first-order chi connectivity index (χ1) is 16.6. The molecule has 1 fully saturated rings. The quantitative estimate of drug-likeness (QED) is 0.473. The Morgan fingerprint density at radius 1 is 1.12 bits per heavy atom. The van der Waals surface area contributed by atoms with Crippen LogP contribution in [0.1, 0.15) is 50.6 Å². The van der Waals surface area contributed by atoms with Gasteiger partial charge in [-0.15, -0.1) is 0 Å². The molecule has 4 bridgehead atoms. The van der Waals surface area contributed by atoms with Gasteiger partial charge in [0.15, 0.2) is 0 Å². The predicted molar refractivity (Wildman–Crippen MR) is 132 cm³/mol. The van der Waals surface area contributed by atoms with Gasteiger partial charge < -0.3 is 9.72 Å². The number of nitrogens with one attached hydrogen (secondary N) is 2. The largest absolute Gasteiger partial charge is 0.491 e. The van der Waals surface area contributed by atoms with Crippen molar-refractivity contribution in [3.63, 3.8) is 0 Å². The van der Waals surface area contributed by atoms with Gasteiger partial charge >= 0.3 is 0 Å². The molecule has 4 aromatic rings. The number of fused-ring (bicyclic) bond motifs is 3. The van der Waals surface area contributed by atoms with Gasteiger partial charge in [0.1, 0.15) is 17.0 Å². The van der Waals surface area contributed by atoms with E-state index in [-0.39, 0.29) is 22.9 Å². The van der Waals surface area contributed by atoms with Crippen molar-refractivity contribution in [1.29, 1.82) is 0 Å². The third kappa shape index (κ3) is 3.62. The third-order valence-corrected chi connectivity index (χ3v) is 7.14. The molecular formula is C26H29N5O3. The summed E-state index contributed by atoms with van der Waals surface area (Å²) in [4.78, 5) is 36.6. The summed E-state index contributed by atoms with van der Waals surface area (Å²) in [6, 6.07) is 9.55. The van der Waals surface area contributed by atoms with Gasteiger partial charge in [0.05, 0.1) is 29.1 Å². The fourth-order valence-corrected chi connectivity index (χ4v) is 5.32. The van der Waals surface area contributed by atoms with Gasteiger partial charge in [0, 0.05) is 12.1 Å². The molecule has 2 N–H and O–H groups in total. The van der Waals surface area contributed by atoms with Gasteiger partial charge in [-0.05, 0) is 75.9 Å². The molecule has 8 nitrogen and oxygen atoms in total. The molecule has 2 aromatic carbocycles. The Morgan fingerprint density at radius 2 is 1.97 bits per heavy atom. The second-order valence-corrected chi connectivity index (χ2v) is 9.60. The Bertz CT molecular complexity index is 1490. The normalized spacial score (nSPS) is 19.1. The Hall–Kier alpha value is -3.39. The third-order valence-electron chi connectivity index (χ3n) is 7.14. The Labute approximate surface area is 196 Å². The van der Waals surface area contributed by atoms with Gasteiger partial charge in [-0.3, -0.25) is 19.6 Å². The first kappa shape index (κ1) is 21.2. The molecule has 6 rings (SSSR count). The van der Waals surface area contributed by atoms with Crippen LogP contribution < -0.4 is 15.9 Å². The monoisotopic (exact) mass is 459 g/mol. The second kappa shape index (κ2) is 8.43. The highest BCUT2D eigenvalue weighted by Gasteiger charge is 2.20. The fourth-order valence-electron chi connectivity index (χ4n) is 5.32. The van der Waals surface area contributed by atoms with E-state index in [4.69, 9.17) is 9.72 Å². The van der Waals surface area contributed by atoms with E-state index in [0.29, 0.717) is 39.9 Å². The number of H-pyrrole nitrogens is 2. The van der Waals surface area contributed by atoms with Gasteiger partial charge in [-0.2, -0.15) is 0 Å². The average molecular weight is 460 g/mol. The molecule has 2 aliphatic heterocycles. The standard InChI is InChI=1S/C26H29N5O3/c1-16-7-2-5-12-34-21-14-17(15-30-10-3-4-11-30)13-20-24(21)28-23(25(32)27-20)18-8-6-9-19-22(18)29-31(16)26(19)33/h6,8-9,13-14,16,29H,2-5,7,10-12,15H2,1H3,(H,27,32). The molecule has 1 unspecified atom stereocenters. The Balaban J connectivity index is 1.56. The van der Waals surface area contributed by atoms with Gasteiger partial charge in [-0.25, -0.2) is 9.67 Å². The lowest BCUT2D eigenvalue weighted by Gasteiger charge is -2.17. The summed E-state index contributed by atoms with van der Waals surface area (Å²) in [6.45, 7) is 5.64. The molecule has 0 saturated carbocycles. The van der Waals surface area contributed by atoms with Crippen LogP contribution in [0.2, 0.25) is 0 Å². The maximum Gasteiger partial charge on any atom is 0.275 e. The van der Waals surface area contributed by atoms with Crippen molar-refractivity contribution in [3.8, 4) is 17.0 Å². The van der Waals surface area contributed by atoms with E-state index >= 15 is 0 Å². The van der Waals surface area contributed by atoms with Crippen LogP contribution in [-0.4, -0.2) is 44.3 Å². The van der Waals surface area contributed by atoms with Crippen molar-refractivity contribution < 1.29 is 4.74 Å². The molecule has 2 aliphatic rings. The van der Waals surface area contributed by atoms with Crippen molar-refractivity contribution in [3.05, 3.63) is 56.6 Å². The molecule has 0 spiro atoms. The van der Waals surface area contributed by atoms with Crippen LogP contribution in [-0.2, 0) is 6.54 Å². The molecule has 2 aromatic heterocycles. The molecule has 0 radical (unpaired) electrons. The highest BCUT2D eigenvalue weighted by Crippen LogP contribution is 2.30. The molecule has 176 valence electrons. The zero-order chi connectivity index (χ0) is 23.2. The number of aromatic amines is 2. The average Bonchev–Trinajstić information content (AvgIpc) is 3.45. The molecule has 1 saturated heterocycles. The minimum absolute atomic E-state index is 0.0174. The van der Waals surface area contributed by atoms with E-state index in [2.05, 4.69) is 21.0 Å². The maximum atomic E-state index is 13.2. The minimum atomic E-state index is -0.280. The lowest BCUT2D eigenvalue weighted by atomic mass is 10.1. The topological polar surface area (TPSA) is 96.0 Å². The smallest absolute Gasteiger partial charge is 0.275 e. The Morgan fingerprint density at radius 3 is 2.82 bits per heavy atom.